The number of piperidine rings is 1. The largest absolute Gasteiger partial charge is 0.378 e. The second-order valence-electron chi connectivity index (χ2n) is 9.81. The first-order chi connectivity index (χ1) is 18.5. The number of morpholine rings is 1. The van der Waals surface area contributed by atoms with Crippen LogP contribution >= 0.6 is 11.3 Å². The second kappa shape index (κ2) is 12.0. The van der Waals surface area contributed by atoms with Crippen molar-refractivity contribution in [3.05, 3.63) is 28.7 Å². The van der Waals surface area contributed by atoms with Gasteiger partial charge in [0.1, 0.15) is 17.3 Å². The first-order valence-electron chi connectivity index (χ1n) is 13.1. The molecule has 0 saturated carbocycles. The van der Waals surface area contributed by atoms with Gasteiger partial charge in [0.05, 0.1) is 25.8 Å². The standard InChI is InChI=1S/C25H33N9O3S/c1-18-15-21(29-22(27-18)19-3-2-5-31(16-19)6-4-26)30-24-28-20(17-38-24)23(35)32-7-9-33(10-8-32)25(36)34-11-13-37-14-12-34/h15,17,19H,2-3,5-14,16H2,1H3,(H,27,28,29,30)/t19-/m1/s1. The number of carbonyl (C=O) groups is 2. The normalized spacial score (nSPS) is 20.7. The van der Waals surface area contributed by atoms with Crippen molar-refractivity contribution in [3.63, 3.8) is 0 Å². The zero-order valence-corrected chi connectivity index (χ0v) is 22.5. The molecule has 3 saturated heterocycles. The maximum atomic E-state index is 13.1. The lowest BCUT2D eigenvalue weighted by molar-refractivity contribution is 0.0362. The Kier molecular flexibility index (Phi) is 8.31. The van der Waals surface area contributed by atoms with Gasteiger partial charge in [0, 0.05) is 68.9 Å². The fourth-order valence-corrected chi connectivity index (χ4v) is 5.80. The molecule has 5 heterocycles. The summed E-state index contributed by atoms with van der Waals surface area (Å²) in [6.45, 7) is 8.40. The van der Waals surface area contributed by atoms with Crippen LogP contribution in [0.5, 0.6) is 0 Å². The molecule has 1 N–H and O–H groups in total. The van der Waals surface area contributed by atoms with Gasteiger partial charge >= 0.3 is 6.03 Å². The summed E-state index contributed by atoms with van der Waals surface area (Å²) in [6, 6.07) is 4.12. The molecule has 1 atom stereocenters. The van der Waals surface area contributed by atoms with Crippen LogP contribution < -0.4 is 5.32 Å². The lowest BCUT2D eigenvalue weighted by Crippen LogP contribution is -2.55. The van der Waals surface area contributed by atoms with Gasteiger partial charge in [-0.1, -0.05) is 0 Å². The monoisotopic (exact) mass is 539 g/mol. The van der Waals surface area contributed by atoms with Crippen LogP contribution in [0.15, 0.2) is 11.4 Å². The molecular formula is C25H33N9O3S. The highest BCUT2D eigenvalue weighted by Crippen LogP contribution is 2.27. The van der Waals surface area contributed by atoms with Crippen molar-refractivity contribution in [1.82, 2.24) is 34.6 Å². The van der Waals surface area contributed by atoms with Gasteiger partial charge in [-0.3, -0.25) is 9.69 Å². The number of amides is 3. The van der Waals surface area contributed by atoms with E-state index in [9.17, 15) is 9.59 Å². The minimum atomic E-state index is -0.132. The number of hydrogen-bond acceptors (Lipinski definition) is 10. The topological polar surface area (TPSA) is 131 Å². The van der Waals surface area contributed by atoms with Crippen LogP contribution in [0.25, 0.3) is 0 Å². The predicted molar refractivity (Wildman–Crippen MR) is 141 cm³/mol. The van der Waals surface area contributed by atoms with Crippen LogP contribution in [0, 0.1) is 18.3 Å². The lowest BCUT2D eigenvalue weighted by Gasteiger charge is -2.38. The summed E-state index contributed by atoms with van der Waals surface area (Å²) in [4.78, 5) is 47.3. The molecule has 13 heteroatoms. The zero-order chi connectivity index (χ0) is 26.5. The minimum absolute atomic E-state index is 0.0195. The van der Waals surface area contributed by atoms with E-state index in [1.807, 2.05) is 22.8 Å². The average Bonchev–Trinajstić information content (AvgIpc) is 3.41. The van der Waals surface area contributed by atoms with Crippen molar-refractivity contribution in [1.29, 1.82) is 5.26 Å². The summed E-state index contributed by atoms with van der Waals surface area (Å²) < 4.78 is 5.33. The fourth-order valence-electron chi connectivity index (χ4n) is 5.10. The molecule has 0 aliphatic carbocycles. The fraction of sp³-hybridized carbons (Fsp3) is 0.600. The van der Waals surface area contributed by atoms with Crippen molar-refractivity contribution in [2.24, 2.45) is 0 Å². The highest BCUT2D eigenvalue weighted by atomic mass is 32.1. The Balaban J connectivity index is 1.18. The number of rotatable bonds is 5. The number of aryl methyl sites for hydroxylation is 1. The number of likely N-dealkylation sites (tertiary alicyclic amines) is 1. The van der Waals surface area contributed by atoms with Crippen LogP contribution in [0.3, 0.4) is 0 Å². The summed E-state index contributed by atoms with van der Waals surface area (Å²) in [7, 11) is 0. The Bertz CT molecular complexity index is 1180. The Labute approximate surface area is 226 Å². The molecule has 3 fully saturated rings. The average molecular weight is 540 g/mol. The molecule has 2 aromatic heterocycles. The van der Waals surface area contributed by atoms with Crippen LogP contribution in [0.2, 0.25) is 0 Å². The molecular weight excluding hydrogens is 506 g/mol. The van der Waals surface area contributed by atoms with Crippen molar-refractivity contribution in [2.45, 2.75) is 25.7 Å². The van der Waals surface area contributed by atoms with Crippen LogP contribution in [-0.4, -0.2) is 119 Å². The van der Waals surface area contributed by atoms with Gasteiger partial charge in [-0.15, -0.1) is 11.3 Å². The quantitative estimate of drug-likeness (QED) is 0.566. The first-order valence-corrected chi connectivity index (χ1v) is 14.0. The summed E-state index contributed by atoms with van der Waals surface area (Å²) in [5, 5.41) is 14.6. The molecule has 202 valence electrons. The molecule has 0 bridgehead atoms. The van der Waals surface area contributed by atoms with Crippen LogP contribution in [0.4, 0.5) is 15.7 Å². The molecule has 12 nitrogen and oxygen atoms in total. The number of nitrogens with one attached hydrogen (secondary N) is 1. The third-order valence-electron chi connectivity index (χ3n) is 7.11. The summed E-state index contributed by atoms with van der Waals surface area (Å²) in [5.74, 6) is 1.47. The number of carbonyl (C=O) groups excluding carboxylic acids is 2. The molecule has 3 aliphatic heterocycles. The van der Waals surface area contributed by atoms with Gasteiger partial charge in [0.15, 0.2) is 5.13 Å². The molecule has 0 unspecified atom stereocenters. The molecule has 0 radical (unpaired) electrons. The number of ether oxygens (including phenoxy) is 1. The zero-order valence-electron chi connectivity index (χ0n) is 21.6. The molecule has 3 amide bonds. The van der Waals surface area contributed by atoms with E-state index in [1.165, 1.54) is 11.3 Å². The molecule has 3 aliphatic rings. The number of hydrogen-bond donors (Lipinski definition) is 1. The number of nitrogens with zero attached hydrogens (tertiary/aromatic N) is 8. The number of anilines is 2. The molecule has 38 heavy (non-hydrogen) atoms. The van der Waals surface area contributed by atoms with Gasteiger partial charge in [0.25, 0.3) is 5.91 Å². The summed E-state index contributed by atoms with van der Waals surface area (Å²) in [6.07, 6.45) is 2.01. The number of urea groups is 1. The smallest absolute Gasteiger partial charge is 0.320 e. The molecule has 0 spiro atoms. The Morgan fingerprint density at radius 2 is 1.82 bits per heavy atom. The van der Waals surface area contributed by atoms with Crippen molar-refractivity contribution in [3.8, 4) is 6.07 Å². The third kappa shape index (κ3) is 6.20. The molecule has 0 aromatic carbocycles. The maximum Gasteiger partial charge on any atom is 0.320 e. The Morgan fingerprint density at radius 3 is 2.58 bits per heavy atom. The van der Waals surface area contributed by atoms with Crippen LogP contribution in [-0.2, 0) is 4.74 Å². The highest BCUT2D eigenvalue weighted by Gasteiger charge is 2.29. The second-order valence-corrected chi connectivity index (χ2v) is 10.7. The van der Waals surface area contributed by atoms with Gasteiger partial charge in [-0.25, -0.2) is 19.7 Å². The van der Waals surface area contributed by atoms with Gasteiger partial charge < -0.3 is 24.8 Å². The minimum Gasteiger partial charge on any atom is -0.378 e. The van der Waals surface area contributed by atoms with E-state index < -0.39 is 0 Å². The summed E-state index contributed by atoms with van der Waals surface area (Å²) >= 11 is 1.36. The van der Waals surface area contributed by atoms with E-state index in [4.69, 9.17) is 15.0 Å². The van der Waals surface area contributed by atoms with Gasteiger partial charge in [-0.2, -0.15) is 5.26 Å². The van der Waals surface area contributed by atoms with E-state index >= 15 is 0 Å². The summed E-state index contributed by atoms with van der Waals surface area (Å²) in [5.41, 5.74) is 1.24. The maximum absolute atomic E-state index is 13.1. The van der Waals surface area contributed by atoms with E-state index in [0.717, 1.165) is 37.4 Å². The van der Waals surface area contributed by atoms with Crippen LogP contribution in [0.1, 0.15) is 40.8 Å². The molecule has 5 rings (SSSR count). The number of piperazine rings is 1. The first kappa shape index (κ1) is 26.3. The van der Waals surface area contributed by atoms with E-state index in [2.05, 4.69) is 26.3 Å². The van der Waals surface area contributed by atoms with E-state index in [1.54, 1.807) is 10.3 Å². The van der Waals surface area contributed by atoms with Gasteiger partial charge in [-0.05, 0) is 26.3 Å². The van der Waals surface area contributed by atoms with Crippen molar-refractivity contribution in [2.75, 3.05) is 77.4 Å². The van der Waals surface area contributed by atoms with E-state index in [-0.39, 0.29) is 17.9 Å². The lowest BCUT2D eigenvalue weighted by atomic mass is 9.97. The third-order valence-corrected chi connectivity index (χ3v) is 7.87. The van der Waals surface area contributed by atoms with E-state index in [0.29, 0.717) is 75.7 Å². The Hall–Kier alpha value is -3.34. The number of thiazole rings is 1. The molecule has 2 aromatic rings. The van der Waals surface area contributed by atoms with Crippen molar-refractivity contribution >= 4 is 34.2 Å². The SMILES string of the molecule is Cc1cc(Nc2nc(C(=O)N3CCN(C(=O)N4CCOCC4)CC3)cs2)nc([C@@H]2CCCN(CC#N)C2)n1. The number of aromatic nitrogens is 3. The number of nitriles is 1. The predicted octanol–water partition coefficient (Wildman–Crippen LogP) is 1.90. The highest BCUT2D eigenvalue weighted by molar-refractivity contribution is 7.14. The Morgan fingerprint density at radius 1 is 1.08 bits per heavy atom. The van der Waals surface area contributed by atoms with Crippen molar-refractivity contribution < 1.29 is 14.3 Å². The van der Waals surface area contributed by atoms with Gasteiger partial charge in [0.2, 0.25) is 0 Å².